The SMILES string of the molecule is COC(=O)NC1Cc2ccccc2N(C(=O)CC(C)(C)C[C@H](N)[C@@H](O)CNC(=O)C(C)(C)N2CCC3(CC2)CNc2ccccc23)C1.Cl.Cl. The zero-order chi connectivity index (χ0) is 34.0. The minimum absolute atomic E-state index is 0. The highest BCUT2D eigenvalue weighted by Gasteiger charge is 2.45. The zero-order valence-electron chi connectivity index (χ0n) is 29.3. The van der Waals surface area contributed by atoms with Gasteiger partial charge in [-0.05, 0) is 68.2 Å². The number of nitrogens with zero attached hydrogens (tertiary/aromatic N) is 2. The Hall–Kier alpha value is -3.09. The molecule has 1 fully saturated rings. The molecule has 0 aliphatic carbocycles. The summed E-state index contributed by atoms with van der Waals surface area (Å²) >= 11 is 0. The molecule has 5 rings (SSSR count). The van der Waals surface area contributed by atoms with E-state index in [4.69, 9.17) is 10.5 Å². The summed E-state index contributed by atoms with van der Waals surface area (Å²) in [5, 5.41) is 20.3. The van der Waals surface area contributed by atoms with Crippen molar-refractivity contribution in [3.05, 3.63) is 59.7 Å². The quantitative estimate of drug-likeness (QED) is 0.248. The Kier molecular flexibility index (Phi) is 13.4. The Morgan fingerprint density at radius 2 is 1.71 bits per heavy atom. The number of hydrogen-bond donors (Lipinski definition) is 5. The van der Waals surface area contributed by atoms with Crippen molar-refractivity contribution in [2.24, 2.45) is 11.1 Å². The summed E-state index contributed by atoms with van der Waals surface area (Å²) in [7, 11) is 1.32. The topological polar surface area (TPSA) is 149 Å². The normalized spacial score (nSPS) is 19.6. The number of benzene rings is 2. The number of nitrogens with two attached hydrogens (primary N) is 1. The Labute approximate surface area is 302 Å². The van der Waals surface area contributed by atoms with E-state index in [2.05, 4.69) is 45.1 Å². The molecule has 1 unspecified atom stereocenters. The van der Waals surface area contributed by atoms with Crippen LogP contribution in [0, 0.1) is 5.41 Å². The highest BCUT2D eigenvalue weighted by atomic mass is 35.5. The van der Waals surface area contributed by atoms with E-state index in [1.54, 1.807) is 4.90 Å². The van der Waals surface area contributed by atoms with Crippen molar-refractivity contribution in [2.45, 2.75) is 88.9 Å². The maximum atomic E-state index is 13.7. The lowest BCUT2D eigenvalue weighted by molar-refractivity contribution is -0.133. The molecule has 11 nitrogen and oxygen atoms in total. The van der Waals surface area contributed by atoms with Crippen LogP contribution in [0.4, 0.5) is 16.2 Å². The van der Waals surface area contributed by atoms with Crippen LogP contribution in [0.2, 0.25) is 0 Å². The molecule has 3 atom stereocenters. The van der Waals surface area contributed by atoms with Crippen LogP contribution in [0.5, 0.6) is 0 Å². The van der Waals surface area contributed by atoms with Gasteiger partial charge in [0, 0.05) is 62.0 Å². The first-order chi connectivity index (χ1) is 22.2. The maximum Gasteiger partial charge on any atom is 0.407 e. The Bertz CT molecular complexity index is 1460. The van der Waals surface area contributed by atoms with Crippen molar-refractivity contribution < 1.29 is 24.2 Å². The van der Waals surface area contributed by atoms with Gasteiger partial charge in [-0.15, -0.1) is 24.8 Å². The molecule has 3 amide bonds. The number of hydrogen-bond acceptors (Lipinski definition) is 8. The largest absolute Gasteiger partial charge is 0.453 e. The number of amides is 3. The summed E-state index contributed by atoms with van der Waals surface area (Å²) in [5.74, 6) is -0.228. The summed E-state index contributed by atoms with van der Waals surface area (Å²) in [6.45, 7) is 10.7. The molecule has 1 spiro atoms. The number of para-hydroxylation sites is 2. The second-order valence-corrected chi connectivity index (χ2v) is 14.9. The molecular formula is C36H54Cl2N6O5. The summed E-state index contributed by atoms with van der Waals surface area (Å²) in [5.41, 5.74) is 9.70. The maximum absolute atomic E-state index is 13.7. The number of fused-ring (bicyclic) bond motifs is 3. The molecule has 6 N–H and O–H groups in total. The number of likely N-dealkylation sites (tertiary alicyclic amines) is 1. The molecule has 3 aliphatic heterocycles. The molecule has 0 saturated carbocycles. The van der Waals surface area contributed by atoms with Gasteiger partial charge < -0.3 is 36.4 Å². The average molecular weight is 722 g/mol. The number of rotatable bonds is 10. The number of carbonyl (C=O) groups excluding carboxylic acids is 3. The lowest BCUT2D eigenvalue weighted by Gasteiger charge is -2.45. The fourth-order valence-corrected chi connectivity index (χ4v) is 7.61. The van der Waals surface area contributed by atoms with Crippen molar-refractivity contribution in [1.29, 1.82) is 0 Å². The van der Waals surface area contributed by atoms with Crippen molar-refractivity contribution in [3.63, 3.8) is 0 Å². The fraction of sp³-hybridized carbons (Fsp3) is 0.583. The van der Waals surface area contributed by atoms with Gasteiger partial charge in [-0.1, -0.05) is 50.2 Å². The lowest BCUT2D eigenvalue weighted by atomic mass is 9.73. The van der Waals surface area contributed by atoms with Crippen molar-refractivity contribution in [2.75, 3.05) is 50.1 Å². The Morgan fingerprint density at radius 3 is 2.41 bits per heavy atom. The number of alkyl carbamates (subject to hydrolysis) is 1. The van der Waals surface area contributed by atoms with E-state index >= 15 is 0 Å². The van der Waals surface area contributed by atoms with Crippen LogP contribution in [-0.4, -0.2) is 91.5 Å². The summed E-state index contributed by atoms with van der Waals surface area (Å²) in [6.07, 6.45) is 1.61. The van der Waals surface area contributed by atoms with Crippen LogP contribution in [0.25, 0.3) is 0 Å². The molecule has 3 aliphatic rings. The van der Waals surface area contributed by atoms with Gasteiger partial charge >= 0.3 is 6.09 Å². The molecule has 0 bridgehead atoms. The molecule has 3 heterocycles. The third-order valence-corrected chi connectivity index (χ3v) is 10.5. The minimum atomic E-state index is -0.973. The smallest absolute Gasteiger partial charge is 0.407 e. The lowest BCUT2D eigenvalue weighted by Crippen LogP contribution is -2.60. The second kappa shape index (κ2) is 16.3. The number of piperidine rings is 1. The predicted molar refractivity (Wildman–Crippen MR) is 198 cm³/mol. The van der Waals surface area contributed by atoms with Crippen LogP contribution in [-0.2, 0) is 26.2 Å². The number of aliphatic hydroxyl groups is 1. The number of halogens is 2. The van der Waals surface area contributed by atoms with Gasteiger partial charge in [0.15, 0.2) is 0 Å². The Morgan fingerprint density at radius 1 is 1.06 bits per heavy atom. The van der Waals surface area contributed by atoms with E-state index in [1.165, 1.54) is 18.4 Å². The number of ether oxygens (including phenoxy) is 1. The Balaban J connectivity index is 0.00000325. The van der Waals surface area contributed by atoms with Crippen LogP contribution < -0.4 is 26.6 Å². The molecular weight excluding hydrogens is 667 g/mol. The molecule has 272 valence electrons. The van der Waals surface area contributed by atoms with Gasteiger partial charge in [0.05, 0.1) is 24.8 Å². The van der Waals surface area contributed by atoms with Gasteiger partial charge in [0.1, 0.15) is 0 Å². The fourth-order valence-electron chi connectivity index (χ4n) is 7.61. The van der Waals surface area contributed by atoms with E-state index in [9.17, 15) is 19.5 Å². The van der Waals surface area contributed by atoms with Crippen LogP contribution in [0.3, 0.4) is 0 Å². The van der Waals surface area contributed by atoms with Crippen LogP contribution >= 0.6 is 24.8 Å². The minimum Gasteiger partial charge on any atom is -0.453 e. The van der Waals surface area contributed by atoms with Gasteiger partial charge in [-0.3, -0.25) is 14.5 Å². The summed E-state index contributed by atoms with van der Waals surface area (Å²) in [4.78, 5) is 42.9. The predicted octanol–water partition coefficient (Wildman–Crippen LogP) is 3.99. The first kappa shape index (κ1) is 40.3. The standard InChI is InChI=1S/C36H52N6O5.2ClH/c1-34(2,20-31(44)42-22-25(40-33(46)47-5)18-24-10-6-9-13-29(24)42)19-27(37)30(43)21-38-32(45)35(3,4)41-16-14-36(15-17-41)23-39-28-12-8-7-11-26(28)36;;/h6-13,25,27,30,39,43H,14-23,37H2,1-5H3,(H,38,45)(H,40,46);2*1H/t25?,27-,30-;;/m0../s1. The van der Waals surface area contributed by atoms with Crippen molar-refractivity contribution in [1.82, 2.24) is 15.5 Å². The first-order valence-corrected chi connectivity index (χ1v) is 16.8. The number of carbonyl (C=O) groups is 3. The van der Waals surface area contributed by atoms with E-state index in [0.717, 1.165) is 43.7 Å². The molecule has 0 aromatic heterocycles. The van der Waals surface area contributed by atoms with Crippen LogP contribution in [0.15, 0.2) is 48.5 Å². The van der Waals surface area contributed by atoms with Gasteiger partial charge in [-0.2, -0.15) is 0 Å². The molecule has 1 saturated heterocycles. The number of methoxy groups -OCH3 is 1. The highest BCUT2D eigenvalue weighted by molar-refractivity contribution is 5.95. The molecule has 2 aromatic carbocycles. The number of anilines is 2. The molecule has 49 heavy (non-hydrogen) atoms. The number of aliphatic hydroxyl groups excluding tert-OH is 1. The summed E-state index contributed by atoms with van der Waals surface area (Å²) in [6, 6.07) is 15.3. The van der Waals surface area contributed by atoms with Crippen LogP contribution in [0.1, 0.15) is 64.5 Å². The average Bonchev–Trinajstić information content (AvgIpc) is 3.40. The van der Waals surface area contributed by atoms with Crippen molar-refractivity contribution >= 4 is 54.1 Å². The van der Waals surface area contributed by atoms with E-state index in [1.807, 2.05) is 52.0 Å². The summed E-state index contributed by atoms with van der Waals surface area (Å²) < 4.78 is 4.77. The molecule has 0 radical (unpaired) electrons. The zero-order valence-corrected chi connectivity index (χ0v) is 30.9. The third kappa shape index (κ3) is 8.99. The highest BCUT2D eigenvalue weighted by Crippen LogP contribution is 2.44. The monoisotopic (exact) mass is 720 g/mol. The third-order valence-electron chi connectivity index (χ3n) is 10.5. The molecule has 2 aromatic rings. The van der Waals surface area contributed by atoms with Gasteiger partial charge in [0.25, 0.3) is 0 Å². The number of nitrogens with one attached hydrogen (secondary N) is 3. The van der Waals surface area contributed by atoms with Gasteiger partial charge in [-0.25, -0.2) is 4.79 Å². The molecule has 13 heteroatoms. The first-order valence-electron chi connectivity index (χ1n) is 16.8. The van der Waals surface area contributed by atoms with E-state index < -0.39 is 29.2 Å². The van der Waals surface area contributed by atoms with Gasteiger partial charge in [0.2, 0.25) is 11.8 Å². The van der Waals surface area contributed by atoms with E-state index in [0.29, 0.717) is 19.4 Å². The van der Waals surface area contributed by atoms with Crippen molar-refractivity contribution in [3.8, 4) is 0 Å². The second-order valence-electron chi connectivity index (χ2n) is 14.9. The van der Waals surface area contributed by atoms with E-state index in [-0.39, 0.29) is 61.1 Å².